The van der Waals surface area contributed by atoms with Gasteiger partial charge in [0, 0.05) is 11.9 Å². The Morgan fingerprint density at radius 2 is 1.94 bits per heavy atom. The first-order chi connectivity index (χ1) is 7.84. The van der Waals surface area contributed by atoms with Crippen LogP contribution in [0.4, 0.5) is 0 Å². The minimum atomic E-state index is -0.216. The average Bonchev–Trinajstić information content (AvgIpc) is 2.81. The van der Waals surface area contributed by atoms with Gasteiger partial charge in [0.25, 0.3) is 0 Å². The van der Waals surface area contributed by atoms with Crippen LogP contribution in [0.5, 0.6) is 0 Å². The topological polar surface area (TPSA) is 42.1 Å². The van der Waals surface area contributed by atoms with Gasteiger partial charge in [-0.05, 0) is 17.7 Å². The number of esters is 1. The van der Waals surface area contributed by atoms with Gasteiger partial charge in [0.1, 0.15) is 6.61 Å². The smallest absolute Gasteiger partial charge is 0.312 e. The number of carbonyl (C=O) groups is 1. The molecule has 0 aliphatic carbocycles. The predicted octanol–water partition coefficient (Wildman–Crippen LogP) is 2.30. The summed E-state index contributed by atoms with van der Waals surface area (Å²) in [5.41, 5.74) is 1.88. The van der Waals surface area contributed by atoms with Crippen LogP contribution in [-0.2, 0) is 22.6 Å². The van der Waals surface area contributed by atoms with Crippen molar-refractivity contribution in [2.75, 3.05) is 0 Å². The fraction of sp³-hybridized carbons (Fsp3) is 0.154. The Morgan fingerprint density at radius 1 is 1.12 bits per heavy atom. The van der Waals surface area contributed by atoms with Crippen LogP contribution < -0.4 is 0 Å². The van der Waals surface area contributed by atoms with Crippen molar-refractivity contribution in [2.45, 2.75) is 13.0 Å². The molecule has 1 N–H and O–H groups in total. The molecule has 2 rings (SSSR count). The lowest BCUT2D eigenvalue weighted by Crippen LogP contribution is -2.08. The van der Waals surface area contributed by atoms with Crippen molar-refractivity contribution in [1.29, 1.82) is 0 Å². The SMILES string of the molecule is O=C(Cc1ccc[nH]1)OCc1ccccc1. The quantitative estimate of drug-likeness (QED) is 0.795. The molecule has 1 aromatic heterocycles. The molecule has 82 valence electrons. The Hall–Kier alpha value is -2.03. The van der Waals surface area contributed by atoms with Crippen LogP contribution in [-0.4, -0.2) is 11.0 Å². The highest BCUT2D eigenvalue weighted by Crippen LogP contribution is 2.03. The molecule has 0 amide bonds. The number of benzene rings is 1. The molecular formula is C13H13NO2. The van der Waals surface area contributed by atoms with E-state index in [2.05, 4.69) is 4.98 Å². The number of nitrogens with one attached hydrogen (secondary N) is 1. The van der Waals surface area contributed by atoms with Crippen LogP contribution in [0.2, 0.25) is 0 Å². The maximum absolute atomic E-state index is 11.4. The number of carbonyl (C=O) groups excluding carboxylic acids is 1. The molecule has 1 heterocycles. The number of aromatic nitrogens is 1. The largest absolute Gasteiger partial charge is 0.461 e. The first-order valence-electron chi connectivity index (χ1n) is 5.16. The third kappa shape index (κ3) is 2.98. The number of hydrogen-bond acceptors (Lipinski definition) is 2. The zero-order valence-electron chi connectivity index (χ0n) is 8.85. The number of aromatic amines is 1. The summed E-state index contributed by atoms with van der Waals surface area (Å²) >= 11 is 0. The third-order valence-electron chi connectivity index (χ3n) is 2.24. The highest BCUT2D eigenvalue weighted by molar-refractivity contribution is 5.71. The number of H-pyrrole nitrogens is 1. The van der Waals surface area contributed by atoms with E-state index in [4.69, 9.17) is 4.74 Å². The Labute approximate surface area is 94.1 Å². The molecule has 0 saturated heterocycles. The zero-order chi connectivity index (χ0) is 11.2. The van der Waals surface area contributed by atoms with E-state index in [1.54, 1.807) is 6.20 Å². The molecule has 2 aromatic rings. The van der Waals surface area contributed by atoms with Gasteiger partial charge in [-0.3, -0.25) is 4.79 Å². The molecule has 3 heteroatoms. The van der Waals surface area contributed by atoms with Crippen LogP contribution in [0.15, 0.2) is 48.7 Å². The fourth-order valence-corrected chi connectivity index (χ4v) is 1.42. The lowest BCUT2D eigenvalue weighted by atomic mass is 10.2. The van der Waals surface area contributed by atoms with Gasteiger partial charge in [-0.2, -0.15) is 0 Å². The van der Waals surface area contributed by atoms with Gasteiger partial charge in [-0.1, -0.05) is 30.3 Å². The number of hydrogen-bond donors (Lipinski definition) is 1. The molecule has 0 saturated carbocycles. The summed E-state index contributed by atoms with van der Waals surface area (Å²) in [6.07, 6.45) is 2.08. The lowest BCUT2D eigenvalue weighted by molar-refractivity contribution is -0.144. The Morgan fingerprint density at radius 3 is 2.62 bits per heavy atom. The molecule has 0 aliphatic rings. The summed E-state index contributed by atoms with van der Waals surface area (Å²) in [7, 11) is 0. The second-order valence-corrected chi connectivity index (χ2v) is 3.52. The molecule has 0 aliphatic heterocycles. The van der Waals surface area contributed by atoms with Gasteiger partial charge in [-0.15, -0.1) is 0 Å². The van der Waals surface area contributed by atoms with E-state index < -0.39 is 0 Å². The van der Waals surface area contributed by atoms with Crippen LogP contribution in [0.25, 0.3) is 0 Å². The van der Waals surface area contributed by atoms with E-state index in [9.17, 15) is 4.79 Å². The average molecular weight is 215 g/mol. The highest BCUT2D eigenvalue weighted by Gasteiger charge is 2.05. The molecule has 16 heavy (non-hydrogen) atoms. The standard InChI is InChI=1S/C13H13NO2/c15-13(9-12-7-4-8-14-12)16-10-11-5-2-1-3-6-11/h1-8,14H,9-10H2. The van der Waals surface area contributed by atoms with E-state index in [-0.39, 0.29) is 5.97 Å². The fourth-order valence-electron chi connectivity index (χ4n) is 1.42. The summed E-state index contributed by atoms with van der Waals surface area (Å²) in [4.78, 5) is 14.4. The van der Waals surface area contributed by atoms with Crippen LogP contribution in [0, 0.1) is 0 Å². The van der Waals surface area contributed by atoms with Gasteiger partial charge < -0.3 is 9.72 Å². The monoisotopic (exact) mass is 215 g/mol. The molecule has 0 fully saturated rings. The van der Waals surface area contributed by atoms with E-state index in [0.29, 0.717) is 13.0 Å². The van der Waals surface area contributed by atoms with Crippen molar-refractivity contribution in [3.8, 4) is 0 Å². The van der Waals surface area contributed by atoms with Crippen molar-refractivity contribution in [2.24, 2.45) is 0 Å². The molecular weight excluding hydrogens is 202 g/mol. The van der Waals surface area contributed by atoms with Gasteiger partial charge >= 0.3 is 5.97 Å². The van der Waals surface area contributed by atoms with Gasteiger partial charge in [-0.25, -0.2) is 0 Å². The lowest BCUT2D eigenvalue weighted by Gasteiger charge is -2.03. The van der Waals surface area contributed by atoms with Crippen molar-refractivity contribution in [3.05, 3.63) is 59.9 Å². The molecule has 0 radical (unpaired) electrons. The van der Waals surface area contributed by atoms with Crippen molar-refractivity contribution in [1.82, 2.24) is 4.98 Å². The maximum atomic E-state index is 11.4. The molecule has 0 spiro atoms. The van der Waals surface area contributed by atoms with E-state index in [1.807, 2.05) is 42.5 Å². The number of ether oxygens (including phenoxy) is 1. The molecule has 3 nitrogen and oxygen atoms in total. The second kappa shape index (κ2) is 5.16. The number of rotatable bonds is 4. The van der Waals surface area contributed by atoms with E-state index in [1.165, 1.54) is 0 Å². The van der Waals surface area contributed by atoms with Crippen molar-refractivity contribution < 1.29 is 9.53 Å². The zero-order valence-corrected chi connectivity index (χ0v) is 8.85. The van der Waals surface area contributed by atoms with Crippen molar-refractivity contribution in [3.63, 3.8) is 0 Å². The summed E-state index contributed by atoms with van der Waals surface area (Å²) in [5.74, 6) is -0.216. The van der Waals surface area contributed by atoms with Crippen LogP contribution in [0.3, 0.4) is 0 Å². The normalized spacial score (nSPS) is 10.0. The highest BCUT2D eigenvalue weighted by atomic mass is 16.5. The first kappa shape index (κ1) is 10.5. The van der Waals surface area contributed by atoms with Crippen molar-refractivity contribution >= 4 is 5.97 Å². The molecule has 1 aromatic carbocycles. The summed E-state index contributed by atoms with van der Waals surface area (Å²) in [6.45, 7) is 0.334. The predicted molar refractivity (Wildman–Crippen MR) is 60.7 cm³/mol. The van der Waals surface area contributed by atoms with Crippen LogP contribution in [0.1, 0.15) is 11.3 Å². The minimum absolute atomic E-state index is 0.216. The third-order valence-corrected chi connectivity index (χ3v) is 2.24. The Kier molecular flexibility index (Phi) is 3.38. The molecule has 0 unspecified atom stereocenters. The molecule has 0 atom stereocenters. The van der Waals surface area contributed by atoms with E-state index in [0.717, 1.165) is 11.3 Å². The molecule has 0 bridgehead atoms. The Balaban J connectivity index is 1.80. The summed E-state index contributed by atoms with van der Waals surface area (Å²) in [5, 5.41) is 0. The van der Waals surface area contributed by atoms with E-state index >= 15 is 0 Å². The van der Waals surface area contributed by atoms with Gasteiger partial charge in [0.2, 0.25) is 0 Å². The summed E-state index contributed by atoms with van der Waals surface area (Å²) in [6, 6.07) is 13.4. The first-order valence-corrected chi connectivity index (χ1v) is 5.16. The van der Waals surface area contributed by atoms with Gasteiger partial charge in [0.05, 0.1) is 6.42 Å². The van der Waals surface area contributed by atoms with Gasteiger partial charge in [0.15, 0.2) is 0 Å². The second-order valence-electron chi connectivity index (χ2n) is 3.52. The van der Waals surface area contributed by atoms with Crippen LogP contribution >= 0.6 is 0 Å². The minimum Gasteiger partial charge on any atom is -0.461 e. The summed E-state index contributed by atoms with van der Waals surface area (Å²) < 4.78 is 5.14. The Bertz CT molecular complexity index is 434. The maximum Gasteiger partial charge on any atom is 0.312 e.